The molecular formula is C21H16O4. The van der Waals surface area contributed by atoms with Crippen molar-refractivity contribution in [2.75, 3.05) is 7.11 Å². The first-order chi connectivity index (χ1) is 12.2. The van der Waals surface area contributed by atoms with Gasteiger partial charge < -0.3 is 14.6 Å². The van der Waals surface area contributed by atoms with Gasteiger partial charge in [0.1, 0.15) is 23.7 Å². The highest BCUT2D eigenvalue weighted by Crippen LogP contribution is 2.46. The van der Waals surface area contributed by atoms with Crippen LogP contribution in [0.15, 0.2) is 60.7 Å². The maximum Gasteiger partial charge on any atom is 0.342 e. The third kappa shape index (κ3) is 2.43. The second kappa shape index (κ2) is 5.98. The molecule has 0 saturated heterocycles. The Morgan fingerprint density at radius 2 is 1.76 bits per heavy atom. The van der Waals surface area contributed by atoms with E-state index in [0.717, 1.165) is 22.3 Å². The van der Waals surface area contributed by atoms with Crippen LogP contribution in [0.4, 0.5) is 0 Å². The Morgan fingerprint density at radius 1 is 1.04 bits per heavy atom. The number of carbonyl (C=O) groups excluding carboxylic acids is 1. The molecule has 1 N–H and O–H groups in total. The van der Waals surface area contributed by atoms with Gasteiger partial charge in [-0.2, -0.15) is 0 Å². The largest absolute Gasteiger partial charge is 0.507 e. The van der Waals surface area contributed by atoms with E-state index in [4.69, 9.17) is 9.47 Å². The van der Waals surface area contributed by atoms with Gasteiger partial charge in [0, 0.05) is 16.7 Å². The highest BCUT2D eigenvalue weighted by molar-refractivity contribution is 6.04. The number of benzene rings is 3. The van der Waals surface area contributed by atoms with Gasteiger partial charge in [-0.15, -0.1) is 0 Å². The van der Waals surface area contributed by atoms with E-state index in [2.05, 4.69) is 0 Å². The summed E-state index contributed by atoms with van der Waals surface area (Å²) in [4.78, 5) is 12.3. The van der Waals surface area contributed by atoms with Crippen LogP contribution in [0.5, 0.6) is 11.5 Å². The van der Waals surface area contributed by atoms with Crippen LogP contribution in [-0.4, -0.2) is 18.2 Å². The van der Waals surface area contributed by atoms with Gasteiger partial charge in [0.2, 0.25) is 0 Å². The van der Waals surface area contributed by atoms with Crippen LogP contribution >= 0.6 is 0 Å². The van der Waals surface area contributed by atoms with Crippen molar-refractivity contribution in [1.29, 1.82) is 0 Å². The Labute approximate surface area is 145 Å². The number of para-hydroxylation sites is 1. The van der Waals surface area contributed by atoms with Crippen LogP contribution in [0.1, 0.15) is 15.9 Å². The molecule has 0 bridgehead atoms. The minimum atomic E-state index is -0.565. The monoisotopic (exact) mass is 332 g/mol. The van der Waals surface area contributed by atoms with Crippen LogP contribution < -0.4 is 4.74 Å². The summed E-state index contributed by atoms with van der Waals surface area (Å²) in [7, 11) is 1.31. The van der Waals surface area contributed by atoms with Crippen LogP contribution in [0.2, 0.25) is 0 Å². The first-order valence-corrected chi connectivity index (χ1v) is 7.95. The predicted octanol–water partition coefficient (Wildman–Crippen LogP) is 4.41. The number of ether oxygens (including phenoxy) is 2. The first kappa shape index (κ1) is 15.3. The quantitative estimate of drug-likeness (QED) is 0.707. The number of esters is 1. The van der Waals surface area contributed by atoms with Crippen molar-refractivity contribution in [1.82, 2.24) is 0 Å². The Kier molecular flexibility index (Phi) is 3.65. The smallest absolute Gasteiger partial charge is 0.342 e. The molecule has 0 atom stereocenters. The lowest BCUT2D eigenvalue weighted by atomic mass is 9.86. The standard InChI is InChI=1S/C21H16O4/c1-24-21(23)20-17(22)11-15(13-7-3-2-4-8-13)16-12-25-18-10-6-5-9-14(18)19(16)20/h2-11,22H,12H2,1H3. The number of rotatable bonds is 2. The lowest BCUT2D eigenvalue weighted by molar-refractivity contribution is 0.0598. The van der Waals surface area contributed by atoms with E-state index < -0.39 is 5.97 Å². The van der Waals surface area contributed by atoms with Gasteiger partial charge in [-0.05, 0) is 23.3 Å². The Hall–Kier alpha value is -3.27. The van der Waals surface area contributed by atoms with Gasteiger partial charge in [0.05, 0.1) is 7.11 Å². The van der Waals surface area contributed by atoms with E-state index in [9.17, 15) is 9.90 Å². The van der Waals surface area contributed by atoms with Gasteiger partial charge in [0.15, 0.2) is 0 Å². The van der Waals surface area contributed by atoms with Crippen LogP contribution in [0.25, 0.3) is 22.3 Å². The molecule has 0 unspecified atom stereocenters. The molecule has 4 heteroatoms. The van der Waals surface area contributed by atoms with Crippen molar-refractivity contribution in [2.24, 2.45) is 0 Å². The number of carbonyl (C=O) groups is 1. The number of hydrogen-bond acceptors (Lipinski definition) is 4. The van der Waals surface area contributed by atoms with Crippen molar-refractivity contribution < 1.29 is 19.4 Å². The van der Waals surface area contributed by atoms with Crippen LogP contribution in [0.3, 0.4) is 0 Å². The van der Waals surface area contributed by atoms with Gasteiger partial charge in [-0.25, -0.2) is 4.79 Å². The molecule has 4 rings (SSSR count). The van der Waals surface area contributed by atoms with Crippen LogP contribution in [-0.2, 0) is 11.3 Å². The maximum absolute atomic E-state index is 12.3. The van der Waals surface area contributed by atoms with E-state index >= 15 is 0 Å². The second-order valence-electron chi connectivity index (χ2n) is 5.81. The molecule has 0 radical (unpaired) electrons. The molecule has 1 heterocycles. The van der Waals surface area contributed by atoms with E-state index in [0.29, 0.717) is 17.9 Å². The normalized spacial score (nSPS) is 11.9. The van der Waals surface area contributed by atoms with Crippen molar-refractivity contribution in [2.45, 2.75) is 6.61 Å². The summed E-state index contributed by atoms with van der Waals surface area (Å²) in [6.45, 7) is 0.320. The molecule has 0 spiro atoms. The Balaban J connectivity index is 2.08. The topological polar surface area (TPSA) is 55.8 Å². The summed E-state index contributed by atoms with van der Waals surface area (Å²) in [5.41, 5.74) is 4.28. The number of fused-ring (bicyclic) bond motifs is 3. The van der Waals surface area contributed by atoms with E-state index in [1.165, 1.54) is 7.11 Å². The van der Waals surface area contributed by atoms with Crippen molar-refractivity contribution >= 4 is 5.97 Å². The van der Waals surface area contributed by atoms with Crippen molar-refractivity contribution in [3.63, 3.8) is 0 Å². The fourth-order valence-electron chi connectivity index (χ4n) is 3.29. The lowest BCUT2D eigenvalue weighted by Crippen LogP contribution is -2.13. The summed E-state index contributed by atoms with van der Waals surface area (Å²) < 4.78 is 10.8. The summed E-state index contributed by atoms with van der Waals surface area (Å²) in [6.07, 6.45) is 0. The first-order valence-electron chi connectivity index (χ1n) is 7.95. The molecule has 3 aromatic carbocycles. The fraction of sp³-hybridized carbons (Fsp3) is 0.0952. The van der Waals surface area contributed by atoms with Crippen molar-refractivity contribution in [3.05, 3.63) is 71.8 Å². The van der Waals surface area contributed by atoms with Crippen LogP contribution in [0, 0.1) is 0 Å². The minimum absolute atomic E-state index is 0.0962. The number of phenolic OH excluding ortho intramolecular Hbond substituents is 1. The molecule has 25 heavy (non-hydrogen) atoms. The van der Waals surface area contributed by atoms with E-state index in [1.54, 1.807) is 6.07 Å². The third-order valence-corrected chi connectivity index (χ3v) is 4.42. The fourth-order valence-corrected chi connectivity index (χ4v) is 3.29. The zero-order valence-electron chi connectivity index (χ0n) is 13.7. The highest BCUT2D eigenvalue weighted by Gasteiger charge is 2.29. The molecule has 1 aliphatic heterocycles. The van der Waals surface area contributed by atoms with Gasteiger partial charge >= 0.3 is 5.97 Å². The number of methoxy groups -OCH3 is 1. The average molecular weight is 332 g/mol. The molecule has 1 aliphatic rings. The highest BCUT2D eigenvalue weighted by atomic mass is 16.5. The number of aromatic hydroxyl groups is 1. The molecule has 0 saturated carbocycles. The average Bonchev–Trinajstić information content (AvgIpc) is 2.67. The maximum atomic E-state index is 12.3. The lowest BCUT2D eigenvalue weighted by Gasteiger charge is -2.26. The summed E-state index contributed by atoms with van der Waals surface area (Å²) >= 11 is 0. The third-order valence-electron chi connectivity index (χ3n) is 4.42. The molecule has 0 amide bonds. The molecule has 0 aromatic heterocycles. The summed E-state index contributed by atoms with van der Waals surface area (Å²) in [5, 5.41) is 10.6. The zero-order valence-corrected chi connectivity index (χ0v) is 13.7. The van der Waals surface area contributed by atoms with E-state index in [-0.39, 0.29) is 11.3 Å². The van der Waals surface area contributed by atoms with Crippen molar-refractivity contribution in [3.8, 4) is 33.8 Å². The molecule has 0 aliphatic carbocycles. The minimum Gasteiger partial charge on any atom is -0.507 e. The number of hydrogen-bond donors (Lipinski definition) is 1. The number of phenols is 1. The molecular weight excluding hydrogens is 316 g/mol. The molecule has 124 valence electrons. The van der Waals surface area contributed by atoms with Gasteiger partial charge in [0.25, 0.3) is 0 Å². The zero-order chi connectivity index (χ0) is 17.4. The molecule has 4 nitrogen and oxygen atoms in total. The SMILES string of the molecule is COC(=O)c1c(O)cc(-c2ccccc2)c2c1-c1ccccc1OC2. The predicted molar refractivity (Wildman–Crippen MR) is 94.7 cm³/mol. The van der Waals surface area contributed by atoms with Gasteiger partial charge in [-0.3, -0.25) is 0 Å². The molecule has 3 aromatic rings. The van der Waals surface area contributed by atoms with E-state index in [1.807, 2.05) is 54.6 Å². The second-order valence-corrected chi connectivity index (χ2v) is 5.81. The Bertz CT molecular complexity index is 961. The summed E-state index contributed by atoms with van der Waals surface area (Å²) in [6, 6.07) is 18.8. The summed E-state index contributed by atoms with van der Waals surface area (Å²) in [5.74, 6) is 0.0241. The Morgan fingerprint density at radius 3 is 2.52 bits per heavy atom. The molecule has 0 fully saturated rings. The van der Waals surface area contributed by atoms with Gasteiger partial charge in [-0.1, -0.05) is 48.5 Å².